The molecule has 0 fully saturated rings. The highest BCUT2D eigenvalue weighted by molar-refractivity contribution is 9.10. The molecule has 1 heterocycles. The number of hydrogen-bond donors (Lipinski definition) is 1. The van der Waals surface area contributed by atoms with Gasteiger partial charge >= 0.3 is 6.18 Å². The molecule has 0 radical (unpaired) electrons. The van der Waals surface area contributed by atoms with Gasteiger partial charge in [0.2, 0.25) is 0 Å². The minimum atomic E-state index is -4.27. The molecular weight excluding hydrogens is 307 g/mol. The Bertz CT molecular complexity index is 329. The summed E-state index contributed by atoms with van der Waals surface area (Å²) in [5.41, 5.74) is 0.912. The molecule has 1 atom stereocenters. The first-order valence-electron chi connectivity index (χ1n) is 4.47. The number of ether oxygens (including phenoxy) is 1. The van der Waals surface area contributed by atoms with E-state index in [9.17, 15) is 13.2 Å². The van der Waals surface area contributed by atoms with Gasteiger partial charge in [-0.3, -0.25) is 0 Å². The maximum absolute atomic E-state index is 11.9. The summed E-state index contributed by atoms with van der Waals surface area (Å²) in [5.74, 6) is 0. The van der Waals surface area contributed by atoms with Crippen LogP contribution < -0.4 is 5.32 Å². The normalized spacial score (nSPS) is 14.1. The molecule has 0 aliphatic rings. The molecule has 1 rings (SSSR count). The van der Waals surface area contributed by atoms with E-state index in [4.69, 9.17) is 0 Å². The van der Waals surface area contributed by atoms with E-state index in [1.54, 1.807) is 7.05 Å². The number of likely N-dealkylation sites (N-methyl/N-ethyl adjacent to an activating group) is 1. The smallest absolute Gasteiger partial charge is 0.370 e. The van der Waals surface area contributed by atoms with Crippen molar-refractivity contribution in [2.75, 3.05) is 20.3 Å². The molecule has 1 unspecified atom stereocenters. The van der Waals surface area contributed by atoms with Crippen molar-refractivity contribution in [1.29, 1.82) is 0 Å². The fourth-order valence-corrected chi connectivity index (χ4v) is 2.79. The van der Waals surface area contributed by atoms with Crippen LogP contribution in [0, 0.1) is 0 Å². The van der Waals surface area contributed by atoms with Crippen molar-refractivity contribution < 1.29 is 17.9 Å². The standard InChI is InChI=1S/C9H11BrF3NOS/c1-14-8(2-15-5-9(11,12)13)6-3-16-4-7(6)10/h3-4,8,14H,2,5H2,1H3. The Hall–Kier alpha value is -0.110. The molecule has 0 aliphatic carbocycles. The number of halogens is 4. The fourth-order valence-electron chi connectivity index (χ4n) is 1.16. The molecule has 0 saturated heterocycles. The van der Waals surface area contributed by atoms with Crippen molar-refractivity contribution in [3.05, 3.63) is 20.8 Å². The summed E-state index contributed by atoms with van der Waals surface area (Å²) in [7, 11) is 1.69. The summed E-state index contributed by atoms with van der Waals surface area (Å²) >= 11 is 4.82. The van der Waals surface area contributed by atoms with E-state index in [0.29, 0.717) is 0 Å². The second-order valence-corrected chi connectivity index (χ2v) is 4.74. The van der Waals surface area contributed by atoms with Crippen LogP contribution in [-0.4, -0.2) is 26.4 Å². The van der Waals surface area contributed by atoms with Gasteiger partial charge in [-0.15, -0.1) is 0 Å². The highest BCUT2D eigenvalue weighted by atomic mass is 79.9. The Morgan fingerprint density at radius 1 is 1.50 bits per heavy atom. The van der Waals surface area contributed by atoms with Crippen molar-refractivity contribution in [3.8, 4) is 0 Å². The minimum Gasteiger partial charge on any atom is -0.370 e. The number of nitrogens with one attached hydrogen (secondary N) is 1. The molecule has 0 bridgehead atoms. The Labute approximate surface area is 104 Å². The van der Waals surface area contributed by atoms with Crippen molar-refractivity contribution in [3.63, 3.8) is 0 Å². The van der Waals surface area contributed by atoms with Gasteiger partial charge in [0, 0.05) is 9.85 Å². The van der Waals surface area contributed by atoms with Gasteiger partial charge in [0.05, 0.1) is 12.6 Å². The van der Waals surface area contributed by atoms with Crippen molar-refractivity contribution in [2.45, 2.75) is 12.2 Å². The number of hydrogen-bond acceptors (Lipinski definition) is 3. The molecule has 1 aromatic rings. The van der Waals surface area contributed by atoms with E-state index in [1.165, 1.54) is 11.3 Å². The largest absolute Gasteiger partial charge is 0.411 e. The van der Waals surface area contributed by atoms with Crippen LogP contribution >= 0.6 is 27.3 Å². The van der Waals surface area contributed by atoms with Crippen LogP contribution in [0.1, 0.15) is 11.6 Å². The van der Waals surface area contributed by atoms with E-state index in [1.807, 2.05) is 10.8 Å². The third kappa shape index (κ3) is 4.40. The molecule has 0 aromatic carbocycles. The number of thiophene rings is 1. The summed E-state index contributed by atoms with van der Waals surface area (Å²) in [6.07, 6.45) is -4.27. The average molecular weight is 318 g/mol. The predicted molar refractivity (Wildman–Crippen MR) is 60.7 cm³/mol. The van der Waals surface area contributed by atoms with Crippen molar-refractivity contribution in [2.24, 2.45) is 0 Å². The third-order valence-electron chi connectivity index (χ3n) is 1.92. The lowest BCUT2D eigenvalue weighted by Crippen LogP contribution is -2.25. The molecule has 1 aromatic heterocycles. The van der Waals surface area contributed by atoms with Crippen LogP contribution in [0.4, 0.5) is 13.2 Å². The topological polar surface area (TPSA) is 21.3 Å². The quantitative estimate of drug-likeness (QED) is 0.899. The molecule has 7 heteroatoms. The lowest BCUT2D eigenvalue weighted by atomic mass is 10.2. The Balaban J connectivity index is 2.48. The molecule has 0 aliphatic heterocycles. The second kappa shape index (κ2) is 6.00. The van der Waals surface area contributed by atoms with Crippen LogP contribution in [-0.2, 0) is 4.74 Å². The van der Waals surface area contributed by atoms with Crippen LogP contribution in [0.25, 0.3) is 0 Å². The first kappa shape index (κ1) is 14.0. The van der Waals surface area contributed by atoms with Crippen molar-refractivity contribution >= 4 is 27.3 Å². The Morgan fingerprint density at radius 3 is 2.62 bits per heavy atom. The lowest BCUT2D eigenvalue weighted by molar-refractivity contribution is -0.175. The molecule has 0 spiro atoms. The Kier molecular flexibility index (Phi) is 5.23. The molecular formula is C9H11BrF3NOS. The Morgan fingerprint density at radius 2 is 2.19 bits per heavy atom. The molecule has 0 saturated carbocycles. The first-order valence-corrected chi connectivity index (χ1v) is 6.21. The van der Waals surface area contributed by atoms with Crippen LogP contribution in [0.5, 0.6) is 0 Å². The molecule has 0 amide bonds. The van der Waals surface area contributed by atoms with Crippen LogP contribution in [0.15, 0.2) is 15.2 Å². The van der Waals surface area contributed by atoms with Crippen molar-refractivity contribution in [1.82, 2.24) is 5.32 Å². The van der Waals surface area contributed by atoms with E-state index < -0.39 is 12.8 Å². The monoisotopic (exact) mass is 317 g/mol. The molecule has 16 heavy (non-hydrogen) atoms. The van der Waals surface area contributed by atoms with Gasteiger partial charge in [-0.1, -0.05) is 0 Å². The minimum absolute atomic E-state index is 0.00859. The van der Waals surface area contributed by atoms with E-state index in [0.717, 1.165) is 10.0 Å². The second-order valence-electron chi connectivity index (χ2n) is 3.15. The SMILES string of the molecule is CNC(COCC(F)(F)F)c1cscc1Br. The van der Waals surface area contributed by atoms with Crippen LogP contribution in [0.3, 0.4) is 0 Å². The summed E-state index contributed by atoms with van der Waals surface area (Å²) in [5, 5.41) is 6.67. The van der Waals surface area contributed by atoms with Gasteiger partial charge < -0.3 is 10.1 Å². The van der Waals surface area contributed by atoms with Gasteiger partial charge in [0.1, 0.15) is 6.61 Å². The van der Waals surface area contributed by atoms with Gasteiger partial charge in [0.25, 0.3) is 0 Å². The number of rotatable bonds is 5. The van der Waals surface area contributed by atoms with Crippen LogP contribution in [0.2, 0.25) is 0 Å². The summed E-state index contributed by atoms with van der Waals surface area (Å²) in [6, 6.07) is -0.233. The predicted octanol–water partition coefficient (Wildman–Crippen LogP) is 3.35. The maximum Gasteiger partial charge on any atom is 0.411 e. The van der Waals surface area contributed by atoms with E-state index in [-0.39, 0.29) is 12.6 Å². The summed E-state index contributed by atoms with van der Waals surface area (Å²) < 4.78 is 41.1. The summed E-state index contributed by atoms with van der Waals surface area (Å²) in [6.45, 7) is -1.22. The number of alkyl halides is 3. The molecule has 92 valence electrons. The lowest BCUT2D eigenvalue weighted by Gasteiger charge is -2.16. The van der Waals surface area contributed by atoms with Gasteiger partial charge in [-0.25, -0.2) is 0 Å². The fraction of sp³-hybridized carbons (Fsp3) is 0.556. The maximum atomic E-state index is 11.9. The first-order chi connectivity index (χ1) is 7.44. The zero-order valence-electron chi connectivity index (χ0n) is 8.47. The zero-order valence-corrected chi connectivity index (χ0v) is 10.9. The van der Waals surface area contributed by atoms with Gasteiger partial charge in [-0.2, -0.15) is 24.5 Å². The highest BCUT2D eigenvalue weighted by Gasteiger charge is 2.28. The molecule has 2 nitrogen and oxygen atoms in total. The average Bonchev–Trinajstić information content (AvgIpc) is 2.58. The zero-order chi connectivity index (χ0) is 12.2. The molecule has 1 N–H and O–H groups in total. The third-order valence-corrected chi connectivity index (χ3v) is 3.67. The van der Waals surface area contributed by atoms with E-state index in [2.05, 4.69) is 26.0 Å². The van der Waals surface area contributed by atoms with Gasteiger partial charge in [-0.05, 0) is 33.9 Å². The summed E-state index contributed by atoms with van der Waals surface area (Å²) in [4.78, 5) is 0. The van der Waals surface area contributed by atoms with Gasteiger partial charge in [0.15, 0.2) is 0 Å². The highest BCUT2D eigenvalue weighted by Crippen LogP contribution is 2.27. The van der Waals surface area contributed by atoms with E-state index >= 15 is 0 Å².